The van der Waals surface area contributed by atoms with Crippen molar-refractivity contribution in [2.75, 3.05) is 25.9 Å². The second-order valence-corrected chi connectivity index (χ2v) is 10.7. The summed E-state index contributed by atoms with van der Waals surface area (Å²) in [5.41, 5.74) is 0. The number of nitrogens with zero attached hydrogens (tertiary/aromatic N) is 1. The zero-order valence-corrected chi connectivity index (χ0v) is 20.0. The van der Waals surface area contributed by atoms with E-state index >= 15 is 0 Å². The largest absolute Gasteiger partial charge is 0.392 e. The minimum Gasteiger partial charge on any atom is -0.392 e. The third-order valence-electron chi connectivity index (χ3n) is 4.41. The van der Waals surface area contributed by atoms with Gasteiger partial charge in [0, 0.05) is 48.6 Å². The van der Waals surface area contributed by atoms with E-state index in [-0.39, 0.29) is 42.0 Å². The highest BCUT2D eigenvalue weighted by atomic mass is 33.1. The first-order chi connectivity index (χ1) is 14.6. The van der Waals surface area contributed by atoms with E-state index in [0.717, 1.165) is 10.7 Å². The van der Waals surface area contributed by atoms with Gasteiger partial charge in [-0.1, -0.05) is 21.6 Å². The fraction of sp³-hybridized carbons (Fsp3) is 0.650. The predicted octanol–water partition coefficient (Wildman–Crippen LogP) is 1.43. The Hall–Kier alpha value is -1.85. The van der Waals surface area contributed by atoms with Gasteiger partial charge in [-0.3, -0.25) is 24.1 Å². The van der Waals surface area contributed by atoms with E-state index in [1.165, 1.54) is 12.2 Å². The van der Waals surface area contributed by atoms with Crippen molar-refractivity contribution in [2.45, 2.75) is 57.2 Å². The lowest BCUT2D eigenvalue weighted by Gasteiger charge is -2.22. The summed E-state index contributed by atoms with van der Waals surface area (Å²) in [6.07, 6.45) is 4.19. The predicted molar refractivity (Wildman–Crippen MR) is 121 cm³/mol. The van der Waals surface area contributed by atoms with Crippen molar-refractivity contribution in [3.8, 4) is 0 Å². The zero-order chi connectivity index (χ0) is 23.4. The van der Waals surface area contributed by atoms with Crippen LogP contribution in [0, 0.1) is 0 Å². The van der Waals surface area contributed by atoms with Crippen LogP contribution in [0.5, 0.6) is 0 Å². The Morgan fingerprint density at radius 3 is 2.42 bits per heavy atom. The molecule has 0 aliphatic carbocycles. The van der Waals surface area contributed by atoms with Gasteiger partial charge in [0.1, 0.15) is 6.04 Å². The fourth-order valence-corrected chi connectivity index (χ4v) is 5.01. The van der Waals surface area contributed by atoms with E-state index in [0.29, 0.717) is 19.3 Å². The topological polar surface area (TPSA) is 122 Å². The van der Waals surface area contributed by atoms with Gasteiger partial charge in [0.05, 0.1) is 0 Å². The van der Waals surface area contributed by atoms with Crippen LogP contribution in [-0.2, 0) is 28.7 Å². The summed E-state index contributed by atoms with van der Waals surface area (Å²) in [6, 6.07) is -0.527. The summed E-state index contributed by atoms with van der Waals surface area (Å²) in [7, 11) is 4.87. The number of amides is 3. The lowest BCUT2D eigenvalue weighted by molar-refractivity contribution is -0.161. The van der Waals surface area contributed by atoms with Crippen LogP contribution in [0.4, 0.5) is 0 Å². The lowest BCUT2D eigenvalue weighted by atomic mass is 10.1. The molecule has 1 atom stereocenters. The molecular weight excluding hydrogens is 442 g/mol. The van der Waals surface area contributed by atoms with Crippen LogP contribution in [0.3, 0.4) is 0 Å². The first-order valence-corrected chi connectivity index (χ1v) is 12.4. The first kappa shape index (κ1) is 27.2. The van der Waals surface area contributed by atoms with Gasteiger partial charge in [-0.05, 0) is 40.7 Å². The van der Waals surface area contributed by atoms with E-state index in [1.54, 1.807) is 35.6 Å². The second-order valence-electron chi connectivity index (χ2n) is 7.58. The Kier molecular flexibility index (Phi) is 11.9. The molecular formula is C20H31N3O6S2. The van der Waals surface area contributed by atoms with Gasteiger partial charge in [-0.25, -0.2) is 4.79 Å². The Balaban J connectivity index is 2.11. The highest BCUT2D eigenvalue weighted by molar-refractivity contribution is 8.77. The average molecular weight is 474 g/mol. The maximum absolute atomic E-state index is 11.9. The highest BCUT2D eigenvalue weighted by Crippen LogP contribution is 2.39. The summed E-state index contributed by atoms with van der Waals surface area (Å²) in [6.45, 7) is 6.05. The fourth-order valence-electron chi connectivity index (χ4n) is 2.35. The van der Waals surface area contributed by atoms with Gasteiger partial charge < -0.3 is 15.4 Å². The van der Waals surface area contributed by atoms with Crippen molar-refractivity contribution in [3.63, 3.8) is 0 Å². The van der Waals surface area contributed by atoms with Gasteiger partial charge >= 0.3 is 11.9 Å². The second kappa shape index (κ2) is 13.5. The summed E-state index contributed by atoms with van der Waals surface area (Å²) in [4.78, 5) is 59.2. The summed E-state index contributed by atoms with van der Waals surface area (Å²) >= 11 is 0. The summed E-state index contributed by atoms with van der Waals surface area (Å²) in [5, 5.41) is 5.43. The molecule has 31 heavy (non-hydrogen) atoms. The zero-order valence-electron chi connectivity index (χ0n) is 18.4. The minimum absolute atomic E-state index is 0.125. The van der Waals surface area contributed by atoms with Crippen molar-refractivity contribution >= 4 is 51.2 Å². The van der Waals surface area contributed by atoms with Crippen molar-refractivity contribution in [3.05, 3.63) is 12.2 Å². The molecule has 11 heteroatoms. The number of nitrogens with one attached hydrogen (secondary N) is 2. The van der Waals surface area contributed by atoms with Crippen molar-refractivity contribution in [1.82, 2.24) is 15.5 Å². The monoisotopic (exact) mass is 473 g/mol. The minimum atomic E-state index is -0.582. The molecule has 0 aromatic heterocycles. The number of hydrogen-bond acceptors (Lipinski definition) is 9. The quantitative estimate of drug-likeness (QED) is 0.127. The van der Waals surface area contributed by atoms with Gasteiger partial charge in [0.2, 0.25) is 5.91 Å². The number of rotatable bonds is 14. The third kappa shape index (κ3) is 10.8. The number of imide groups is 1. The summed E-state index contributed by atoms with van der Waals surface area (Å²) < 4.78 is 4.61. The highest BCUT2D eigenvalue weighted by Gasteiger charge is 2.24. The van der Waals surface area contributed by atoms with E-state index in [9.17, 15) is 24.0 Å². The molecule has 1 aliphatic heterocycles. The van der Waals surface area contributed by atoms with Crippen LogP contribution in [0.1, 0.15) is 46.5 Å². The van der Waals surface area contributed by atoms with Crippen LogP contribution in [0.25, 0.3) is 0 Å². The van der Waals surface area contributed by atoms with Gasteiger partial charge in [-0.15, -0.1) is 0 Å². The first-order valence-electron chi connectivity index (χ1n) is 10.1. The molecule has 1 heterocycles. The molecule has 0 spiro atoms. The standard InChI is InChI=1S/C20H31N3O6S2/c1-14(21-4)19(28)29-18(27)9-10-20(2,3)31-30-13-5-6-15(24)22-11-12-23-16(25)7-8-17(23)26/h7-8,14,21H,5-6,9-13H2,1-4H3,(H,22,24)/t14-/m0/s1. The SMILES string of the molecule is CN[C@@H](C)C(=O)OC(=O)CCC(C)(C)SSCCCC(=O)NCCN1C(=O)C=CC1=O. The molecule has 3 amide bonds. The number of likely N-dealkylation sites (N-methyl/N-ethyl adjacent to an activating group) is 1. The Bertz CT molecular complexity index is 693. The van der Waals surface area contributed by atoms with Crippen LogP contribution >= 0.6 is 21.6 Å². The van der Waals surface area contributed by atoms with Gasteiger partial charge in [0.25, 0.3) is 11.8 Å². The number of esters is 2. The number of carbonyl (C=O) groups is 5. The maximum Gasteiger partial charge on any atom is 0.330 e. The molecule has 0 unspecified atom stereocenters. The molecule has 0 saturated carbocycles. The maximum atomic E-state index is 11.9. The van der Waals surface area contributed by atoms with Crippen LogP contribution in [-0.4, -0.2) is 71.2 Å². The van der Waals surface area contributed by atoms with Crippen molar-refractivity contribution in [1.29, 1.82) is 0 Å². The molecule has 0 radical (unpaired) electrons. The van der Waals surface area contributed by atoms with Crippen LogP contribution in [0.15, 0.2) is 12.2 Å². The molecule has 2 N–H and O–H groups in total. The smallest absolute Gasteiger partial charge is 0.330 e. The average Bonchev–Trinajstić information content (AvgIpc) is 3.03. The number of hydrogen-bond donors (Lipinski definition) is 2. The molecule has 0 aromatic rings. The number of ether oxygens (including phenoxy) is 1. The molecule has 1 aliphatic rings. The molecule has 0 aromatic carbocycles. The van der Waals surface area contributed by atoms with E-state index < -0.39 is 18.0 Å². The van der Waals surface area contributed by atoms with E-state index in [1.807, 2.05) is 13.8 Å². The third-order valence-corrected chi connectivity index (χ3v) is 7.84. The van der Waals surface area contributed by atoms with Crippen molar-refractivity contribution in [2.24, 2.45) is 0 Å². The van der Waals surface area contributed by atoms with Gasteiger partial charge in [-0.2, -0.15) is 0 Å². The molecule has 1 rings (SSSR count). The van der Waals surface area contributed by atoms with E-state index in [4.69, 9.17) is 4.74 Å². The van der Waals surface area contributed by atoms with Crippen LogP contribution < -0.4 is 10.6 Å². The summed E-state index contributed by atoms with van der Waals surface area (Å²) in [5.74, 6) is -1.20. The Labute approximate surface area is 190 Å². The molecule has 0 saturated heterocycles. The number of carbonyl (C=O) groups excluding carboxylic acids is 5. The normalized spacial score (nSPS) is 14.6. The lowest BCUT2D eigenvalue weighted by Crippen LogP contribution is -2.38. The van der Waals surface area contributed by atoms with Crippen molar-refractivity contribution < 1.29 is 28.7 Å². The Morgan fingerprint density at radius 1 is 1.16 bits per heavy atom. The van der Waals surface area contributed by atoms with E-state index in [2.05, 4.69) is 10.6 Å². The Morgan fingerprint density at radius 2 is 1.81 bits per heavy atom. The molecule has 9 nitrogen and oxygen atoms in total. The molecule has 0 fully saturated rings. The van der Waals surface area contributed by atoms with Crippen LogP contribution in [0.2, 0.25) is 0 Å². The molecule has 0 bridgehead atoms. The van der Waals surface area contributed by atoms with Gasteiger partial charge in [0.15, 0.2) is 0 Å². The molecule has 174 valence electrons.